The molecule has 0 fully saturated rings. The molecular weight excluding hydrogens is 204 g/mol. The summed E-state index contributed by atoms with van der Waals surface area (Å²) in [5.41, 5.74) is 0.834. The number of allylic oxidation sites excluding steroid dienone is 1. The molecule has 0 saturated carbocycles. The summed E-state index contributed by atoms with van der Waals surface area (Å²) >= 11 is 0. The molecule has 3 nitrogen and oxygen atoms in total. The smallest absolute Gasteiger partial charge is 0.328 e. The van der Waals surface area contributed by atoms with Crippen LogP contribution in [0.4, 0.5) is 0 Å². The van der Waals surface area contributed by atoms with Crippen LogP contribution in [0, 0.1) is 0 Å². The highest BCUT2D eigenvalue weighted by atomic mass is 16.5. The number of aliphatic carboxylic acids is 1. The Balaban J connectivity index is 2.57. The van der Waals surface area contributed by atoms with E-state index in [9.17, 15) is 4.79 Å². The van der Waals surface area contributed by atoms with Crippen LogP contribution in [0.15, 0.2) is 42.5 Å². The summed E-state index contributed by atoms with van der Waals surface area (Å²) in [5.74, 6) is -0.181. The van der Waals surface area contributed by atoms with Gasteiger partial charge in [-0.15, -0.1) is 0 Å². The fraction of sp³-hybridized carbons (Fsp3) is 0.154. The van der Waals surface area contributed by atoms with Gasteiger partial charge in [0.25, 0.3) is 0 Å². The average molecular weight is 218 g/mol. The quantitative estimate of drug-likeness (QED) is 0.610. The molecule has 0 aromatic heterocycles. The Morgan fingerprint density at radius 1 is 1.38 bits per heavy atom. The average Bonchev–Trinajstić information content (AvgIpc) is 2.28. The summed E-state index contributed by atoms with van der Waals surface area (Å²) in [4.78, 5) is 10.3. The van der Waals surface area contributed by atoms with Crippen molar-refractivity contribution in [1.82, 2.24) is 0 Å². The van der Waals surface area contributed by atoms with Gasteiger partial charge in [-0.1, -0.05) is 24.3 Å². The van der Waals surface area contributed by atoms with Gasteiger partial charge in [0.05, 0.1) is 0 Å². The summed E-state index contributed by atoms with van der Waals surface area (Å²) in [6, 6.07) is 7.24. The number of hydrogen-bond donors (Lipinski definition) is 1. The van der Waals surface area contributed by atoms with Crippen molar-refractivity contribution in [3.05, 3.63) is 48.1 Å². The molecule has 0 saturated heterocycles. The van der Waals surface area contributed by atoms with Gasteiger partial charge in [0.15, 0.2) is 0 Å². The normalized spacial score (nSPS) is 11.1. The number of ether oxygens (including phenoxy) is 1. The molecule has 0 heterocycles. The van der Waals surface area contributed by atoms with Gasteiger partial charge in [-0.2, -0.15) is 0 Å². The summed E-state index contributed by atoms with van der Waals surface area (Å²) < 4.78 is 5.40. The zero-order valence-electron chi connectivity index (χ0n) is 9.09. The molecule has 0 aliphatic carbocycles. The SMILES string of the molecule is C/C=C/COc1ccc(/C=C/C(=O)O)cc1. The molecule has 1 aromatic rings. The van der Waals surface area contributed by atoms with Crippen LogP contribution >= 0.6 is 0 Å². The Hall–Kier alpha value is -2.03. The van der Waals surface area contributed by atoms with E-state index in [-0.39, 0.29) is 0 Å². The van der Waals surface area contributed by atoms with Gasteiger partial charge in [0.2, 0.25) is 0 Å². The molecule has 1 aromatic carbocycles. The fourth-order valence-electron chi connectivity index (χ4n) is 1.08. The lowest BCUT2D eigenvalue weighted by Crippen LogP contribution is -1.92. The number of hydrogen-bond acceptors (Lipinski definition) is 2. The van der Waals surface area contributed by atoms with Crippen molar-refractivity contribution in [2.75, 3.05) is 6.61 Å². The third-order valence-corrected chi connectivity index (χ3v) is 1.88. The molecular formula is C13H14O3. The molecule has 1 N–H and O–H groups in total. The molecule has 0 atom stereocenters. The highest BCUT2D eigenvalue weighted by molar-refractivity contribution is 5.85. The van der Waals surface area contributed by atoms with Crippen molar-refractivity contribution in [3.63, 3.8) is 0 Å². The summed E-state index contributed by atoms with van der Waals surface area (Å²) in [7, 11) is 0. The number of carboxylic acids is 1. The van der Waals surface area contributed by atoms with E-state index < -0.39 is 5.97 Å². The van der Waals surface area contributed by atoms with Crippen molar-refractivity contribution >= 4 is 12.0 Å². The van der Waals surface area contributed by atoms with Crippen LogP contribution in [0.2, 0.25) is 0 Å². The lowest BCUT2D eigenvalue weighted by molar-refractivity contribution is -0.131. The highest BCUT2D eigenvalue weighted by Gasteiger charge is 1.92. The minimum absolute atomic E-state index is 0.542. The van der Waals surface area contributed by atoms with Crippen LogP contribution in [-0.4, -0.2) is 17.7 Å². The van der Waals surface area contributed by atoms with Crippen LogP contribution in [0.5, 0.6) is 5.75 Å². The van der Waals surface area contributed by atoms with Crippen LogP contribution in [0.1, 0.15) is 12.5 Å². The first-order chi connectivity index (χ1) is 7.72. The lowest BCUT2D eigenvalue weighted by atomic mass is 10.2. The van der Waals surface area contributed by atoms with Crippen LogP contribution in [0.25, 0.3) is 6.08 Å². The Morgan fingerprint density at radius 3 is 2.62 bits per heavy atom. The van der Waals surface area contributed by atoms with Gasteiger partial charge in [-0.25, -0.2) is 4.79 Å². The Labute approximate surface area is 94.7 Å². The van der Waals surface area contributed by atoms with E-state index in [0.717, 1.165) is 17.4 Å². The Kier molecular flexibility index (Phi) is 4.86. The standard InChI is InChI=1S/C13H14O3/c1-2-3-10-16-12-7-4-11(5-8-12)6-9-13(14)15/h2-9H,10H2,1H3,(H,14,15)/b3-2+,9-6+. The second-order valence-electron chi connectivity index (χ2n) is 3.12. The molecule has 16 heavy (non-hydrogen) atoms. The minimum atomic E-state index is -0.951. The summed E-state index contributed by atoms with van der Waals surface area (Å²) in [6.07, 6.45) is 6.48. The zero-order valence-corrected chi connectivity index (χ0v) is 9.09. The molecule has 3 heteroatoms. The van der Waals surface area contributed by atoms with E-state index in [1.54, 1.807) is 0 Å². The molecule has 0 aliphatic rings. The Morgan fingerprint density at radius 2 is 2.06 bits per heavy atom. The van der Waals surface area contributed by atoms with Crippen molar-refractivity contribution in [1.29, 1.82) is 0 Å². The van der Waals surface area contributed by atoms with Gasteiger partial charge < -0.3 is 9.84 Å². The predicted octanol–water partition coefficient (Wildman–Crippen LogP) is 2.74. The van der Waals surface area contributed by atoms with Crippen LogP contribution in [0.3, 0.4) is 0 Å². The molecule has 0 radical (unpaired) electrons. The Bertz CT molecular complexity index is 388. The van der Waals surface area contributed by atoms with Crippen molar-refractivity contribution < 1.29 is 14.6 Å². The van der Waals surface area contributed by atoms with Crippen LogP contribution < -0.4 is 4.74 Å². The maximum absolute atomic E-state index is 10.3. The predicted molar refractivity (Wildman–Crippen MR) is 63.4 cm³/mol. The third kappa shape index (κ3) is 4.46. The first-order valence-electron chi connectivity index (χ1n) is 4.97. The van der Waals surface area contributed by atoms with E-state index >= 15 is 0 Å². The molecule has 0 aliphatic heterocycles. The largest absolute Gasteiger partial charge is 0.490 e. The first kappa shape index (κ1) is 12.0. The second-order valence-corrected chi connectivity index (χ2v) is 3.12. The number of rotatable bonds is 5. The van der Waals surface area contributed by atoms with Crippen molar-refractivity contribution in [2.24, 2.45) is 0 Å². The van der Waals surface area contributed by atoms with Gasteiger partial charge >= 0.3 is 5.97 Å². The van der Waals surface area contributed by atoms with E-state index in [1.807, 2.05) is 43.3 Å². The maximum Gasteiger partial charge on any atom is 0.328 e. The summed E-state index contributed by atoms with van der Waals surface area (Å²) in [6.45, 7) is 2.48. The van der Waals surface area contributed by atoms with Crippen molar-refractivity contribution in [2.45, 2.75) is 6.92 Å². The molecule has 0 unspecified atom stereocenters. The maximum atomic E-state index is 10.3. The second kappa shape index (κ2) is 6.45. The zero-order chi connectivity index (χ0) is 11.8. The third-order valence-electron chi connectivity index (χ3n) is 1.88. The fourth-order valence-corrected chi connectivity index (χ4v) is 1.08. The lowest BCUT2D eigenvalue weighted by Gasteiger charge is -2.02. The van der Waals surface area contributed by atoms with Gasteiger partial charge in [0, 0.05) is 6.08 Å². The van der Waals surface area contributed by atoms with Crippen LogP contribution in [-0.2, 0) is 4.79 Å². The van der Waals surface area contributed by atoms with E-state index in [2.05, 4.69) is 0 Å². The van der Waals surface area contributed by atoms with E-state index in [4.69, 9.17) is 9.84 Å². The van der Waals surface area contributed by atoms with Gasteiger partial charge in [-0.3, -0.25) is 0 Å². The molecule has 0 bridgehead atoms. The van der Waals surface area contributed by atoms with Gasteiger partial charge in [-0.05, 0) is 30.7 Å². The minimum Gasteiger partial charge on any atom is -0.490 e. The molecule has 0 amide bonds. The highest BCUT2D eigenvalue weighted by Crippen LogP contribution is 2.13. The van der Waals surface area contributed by atoms with E-state index in [1.165, 1.54) is 6.08 Å². The number of benzene rings is 1. The molecule has 0 spiro atoms. The summed E-state index contributed by atoms with van der Waals surface area (Å²) in [5, 5.41) is 8.45. The topological polar surface area (TPSA) is 46.5 Å². The molecule has 1 rings (SSSR count). The van der Waals surface area contributed by atoms with E-state index in [0.29, 0.717) is 6.61 Å². The number of carboxylic acid groups (broad SMARTS) is 1. The first-order valence-corrected chi connectivity index (χ1v) is 4.97. The van der Waals surface area contributed by atoms with Gasteiger partial charge in [0.1, 0.15) is 12.4 Å². The number of carbonyl (C=O) groups is 1. The van der Waals surface area contributed by atoms with Crippen molar-refractivity contribution in [3.8, 4) is 5.75 Å². The monoisotopic (exact) mass is 218 g/mol. The molecule has 84 valence electrons.